The van der Waals surface area contributed by atoms with E-state index in [1.165, 1.54) is 0 Å². The molecule has 2 saturated heterocycles. The van der Waals surface area contributed by atoms with Gasteiger partial charge in [-0.3, -0.25) is 0 Å². The summed E-state index contributed by atoms with van der Waals surface area (Å²) < 4.78 is 23.3. The molecule has 0 amide bonds. The molecule has 2 aliphatic heterocycles. The molecule has 0 bridgehead atoms. The van der Waals surface area contributed by atoms with E-state index in [0.29, 0.717) is 13.0 Å². The zero-order valence-electron chi connectivity index (χ0n) is 14.3. The first-order valence-electron chi connectivity index (χ1n) is 7.74. The largest absolute Gasteiger partial charge is 0.414 e. The fourth-order valence-electron chi connectivity index (χ4n) is 2.40. The van der Waals surface area contributed by atoms with E-state index in [9.17, 15) is 5.11 Å². The Hall–Kier alpha value is 0.0169. The van der Waals surface area contributed by atoms with Crippen molar-refractivity contribution >= 4 is 8.32 Å². The summed E-state index contributed by atoms with van der Waals surface area (Å²) >= 11 is 0. The first-order chi connectivity index (χ1) is 9.41. The van der Waals surface area contributed by atoms with Crippen molar-refractivity contribution < 1.29 is 23.7 Å². The molecule has 0 aromatic carbocycles. The van der Waals surface area contributed by atoms with Crippen molar-refractivity contribution in [2.75, 3.05) is 6.61 Å². The molecule has 5 nitrogen and oxygen atoms in total. The normalized spacial score (nSPS) is 34.0. The molecule has 0 aromatic rings. The van der Waals surface area contributed by atoms with E-state index in [0.717, 1.165) is 0 Å². The second kappa shape index (κ2) is 5.58. The maximum atomic E-state index is 10.3. The van der Waals surface area contributed by atoms with Gasteiger partial charge in [0.25, 0.3) is 0 Å². The SMILES string of the molecule is CC1(C)O[C@H]2O[C@H](C(O)CO[Si](C)(C)C(C)(C)C)C[C@H]2O1. The maximum absolute atomic E-state index is 10.3. The van der Waals surface area contributed by atoms with Crippen molar-refractivity contribution in [3.05, 3.63) is 0 Å². The van der Waals surface area contributed by atoms with Gasteiger partial charge in [-0.1, -0.05) is 20.8 Å². The van der Waals surface area contributed by atoms with Crippen molar-refractivity contribution in [2.45, 2.75) is 89.6 Å². The third kappa shape index (κ3) is 3.86. The fraction of sp³-hybridized carbons (Fsp3) is 1.00. The molecule has 2 fully saturated rings. The molecule has 1 N–H and O–H groups in total. The molecule has 0 aliphatic carbocycles. The number of rotatable bonds is 4. The average Bonchev–Trinajstić information content (AvgIpc) is 2.77. The van der Waals surface area contributed by atoms with Crippen LogP contribution < -0.4 is 0 Å². The minimum atomic E-state index is -1.85. The highest BCUT2D eigenvalue weighted by Gasteiger charge is 2.50. The zero-order chi connectivity index (χ0) is 16.1. The predicted molar refractivity (Wildman–Crippen MR) is 82.5 cm³/mol. The van der Waals surface area contributed by atoms with Gasteiger partial charge in [-0.25, -0.2) is 0 Å². The number of hydrogen-bond acceptors (Lipinski definition) is 5. The van der Waals surface area contributed by atoms with Crippen molar-refractivity contribution in [3.63, 3.8) is 0 Å². The van der Waals surface area contributed by atoms with Gasteiger partial charge in [0.05, 0.1) is 12.7 Å². The quantitative estimate of drug-likeness (QED) is 0.808. The predicted octanol–water partition coefficient (Wildman–Crippen LogP) is 2.64. The minimum absolute atomic E-state index is 0.0903. The lowest BCUT2D eigenvalue weighted by atomic mass is 10.1. The van der Waals surface area contributed by atoms with Crippen molar-refractivity contribution in [1.29, 1.82) is 0 Å². The van der Waals surface area contributed by atoms with E-state index in [1.54, 1.807) is 0 Å². The van der Waals surface area contributed by atoms with Crippen LogP contribution in [0.5, 0.6) is 0 Å². The lowest BCUT2D eigenvalue weighted by molar-refractivity contribution is -0.215. The molecule has 2 aliphatic rings. The van der Waals surface area contributed by atoms with Crippen molar-refractivity contribution in [2.24, 2.45) is 0 Å². The molecule has 124 valence electrons. The third-order valence-electron chi connectivity index (χ3n) is 4.76. The minimum Gasteiger partial charge on any atom is -0.414 e. The number of aliphatic hydroxyl groups excluding tert-OH is 1. The summed E-state index contributed by atoms with van der Waals surface area (Å²) in [7, 11) is -1.85. The molecule has 2 heterocycles. The van der Waals surface area contributed by atoms with Gasteiger partial charge in [-0.15, -0.1) is 0 Å². The van der Waals surface area contributed by atoms with Crippen LogP contribution in [0.4, 0.5) is 0 Å². The van der Waals surface area contributed by atoms with Gasteiger partial charge in [-0.05, 0) is 32.0 Å². The van der Waals surface area contributed by atoms with Crippen LogP contribution >= 0.6 is 0 Å². The maximum Gasteiger partial charge on any atom is 0.192 e. The number of aliphatic hydroxyl groups is 1. The molecular weight excluding hydrogens is 288 g/mol. The van der Waals surface area contributed by atoms with Gasteiger partial charge in [0, 0.05) is 6.42 Å². The highest BCUT2D eigenvalue weighted by Crippen LogP contribution is 2.39. The van der Waals surface area contributed by atoms with E-state index in [1.807, 2.05) is 13.8 Å². The number of hydrogen-bond donors (Lipinski definition) is 1. The number of fused-ring (bicyclic) bond motifs is 1. The Morgan fingerprint density at radius 2 is 1.90 bits per heavy atom. The Labute approximate surface area is 129 Å². The Morgan fingerprint density at radius 3 is 2.43 bits per heavy atom. The van der Waals surface area contributed by atoms with E-state index in [2.05, 4.69) is 33.9 Å². The molecule has 21 heavy (non-hydrogen) atoms. The topological polar surface area (TPSA) is 57.2 Å². The lowest BCUT2D eigenvalue weighted by Crippen LogP contribution is -2.44. The second-order valence-corrected chi connectivity index (χ2v) is 12.9. The van der Waals surface area contributed by atoms with Gasteiger partial charge in [0.1, 0.15) is 12.2 Å². The van der Waals surface area contributed by atoms with Gasteiger partial charge < -0.3 is 23.7 Å². The molecule has 2 rings (SSSR count). The Morgan fingerprint density at radius 1 is 1.29 bits per heavy atom. The summed E-state index contributed by atoms with van der Waals surface area (Å²) in [6, 6.07) is 0. The first-order valence-corrected chi connectivity index (χ1v) is 10.7. The summed E-state index contributed by atoms with van der Waals surface area (Å²) in [5.41, 5.74) is 0. The summed E-state index contributed by atoms with van der Waals surface area (Å²) in [5.74, 6) is -0.594. The van der Waals surface area contributed by atoms with Crippen LogP contribution in [0.3, 0.4) is 0 Å². The van der Waals surface area contributed by atoms with Crippen LogP contribution in [0.25, 0.3) is 0 Å². The Balaban J connectivity index is 1.83. The summed E-state index contributed by atoms with van der Waals surface area (Å²) in [5, 5.41) is 10.5. The van der Waals surface area contributed by atoms with E-state index in [4.69, 9.17) is 18.6 Å². The average molecular weight is 318 g/mol. The lowest BCUT2D eigenvalue weighted by Gasteiger charge is -2.37. The van der Waals surface area contributed by atoms with Crippen LogP contribution in [-0.4, -0.2) is 50.4 Å². The standard InChI is InChI=1S/C15H30O5Si/c1-14(2,3)21(6,7)17-9-10(16)11-8-12-13(18-11)20-15(4,5)19-12/h10-13,16H,8-9H2,1-7H3/t10?,11-,12+,13+/m0/s1. The van der Waals surface area contributed by atoms with Gasteiger partial charge in [0.2, 0.25) is 0 Å². The highest BCUT2D eigenvalue weighted by molar-refractivity contribution is 6.74. The van der Waals surface area contributed by atoms with Gasteiger partial charge >= 0.3 is 0 Å². The number of ether oxygens (including phenoxy) is 3. The smallest absolute Gasteiger partial charge is 0.192 e. The van der Waals surface area contributed by atoms with E-state index < -0.39 is 20.2 Å². The van der Waals surface area contributed by atoms with Gasteiger partial charge in [0.15, 0.2) is 20.4 Å². The van der Waals surface area contributed by atoms with E-state index >= 15 is 0 Å². The third-order valence-corrected chi connectivity index (χ3v) is 9.26. The van der Waals surface area contributed by atoms with Crippen molar-refractivity contribution in [1.82, 2.24) is 0 Å². The highest BCUT2D eigenvalue weighted by atomic mass is 28.4. The summed E-state index contributed by atoms with van der Waals surface area (Å²) in [6.45, 7) is 15.0. The molecule has 0 aromatic heterocycles. The summed E-state index contributed by atoms with van der Waals surface area (Å²) in [6.07, 6.45) is -0.725. The zero-order valence-corrected chi connectivity index (χ0v) is 15.3. The fourth-order valence-corrected chi connectivity index (χ4v) is 3.42. The van der Waals surface area contributed by atoms with Crippen LogP contribution in [0.1, 0.15) is 41.0 Å². The molecule has 4 atom stereocenters. The molecule has 0 spiro atoms. The van der Waals surface area contributed by atoms with Crippen LogP contribution in [0.2, 0.25) is 18.1 Å². The Bertz CT molecular complexity index is 361. The van der Waals surface area contributed by atoms with Crippen molar-refractivity contribution in [3.8, 4) is 0 Å². The molecular formula is C15H30O5Si. The van der Waals surface area contributed by atoms with Gasteiger partial charge in [-0.2, -0.15) is 0 Å². The molecule has 6 heteroatoms. The van der Waals surface area contributed by atoms with Crippen LogP contribution in [-0.2, 0) is 18.6 Å². The van der Waals surface area contributed by atoms with E-state index in [-0.39, 0.29) is 23.5 Å². The Kier molecular flexibility index (Phi) is 4.62. The first kappa shape index (κ1) is 17.4. The molecule has 0 saturated carbocycles. The van der Waals surface area contributed by atoms with Crippen LogP contribution in [0, 0.1) is 0 Å². The second-order valence-electron chi connectivity index (χ2n) is 8.09. The molecule has 1 unspecified atom stereocenters. The van der Waals surface area contributed by atoms with Crippen LogP contribution in [0.15, 0.2) is 0 Å². The monoisotopic (exact) mass is 318 g/mol. The summed E-state index contributed by atoms with van der Waals surface area (Å²) in [4.78, 5) is 0. The molecule has 0 radical (unpaired) electrons.